The number of benzene rings is 1. The fraction of sp³-hybridized carbons (Fsp3) is 0.0714. The number of nitrogens with zero attached hydrogens (tertiary/aromatic N) is 3. The van der Waals surface area contributed by atoms with Crippen LogP contribution in [-0.4, -0.2) is 27.7 Å². The van der Waals surface area contributed by atoms with E-state index in [9.17, 15) is 4.79 Å². The summed E-state index contributed by atoms with van der Waals surface area (Å²) in [5.74, 6) is -0.464. The SMILES string of the molecule is COC(=O)c1c(-c2ccc(Br)cc2)nc2cccnn12. The zero-order valence-corrected chi connectivity index (χ0v) is 12.2. The van der Waals surface area contributed by atoms with Crippen LogP contribution in [0.4, 0.5) is 0 Å². The molecule has 0 unspecified atom stereocenters. The lowest BCUT2D eigenvalue weighted by atomic mass is 10.1. The van der Waals surface area contributed by atoms with E-state index in [2.05, 4.69) is 26.0 Å². The fourth-order valence-corrected chi connectivity index (χ4v) is 2.24. The molecule has 0 N–H and O–H groups in total. The number of halogens is 1. The maximum Gasteiger partial charge on any atom is 0.359 e. The van der Waals surface area contributed by atoms with Crippen molar-refractivity contribution >= 4 is 27.5 Å². The molecule has 0 spiro atoms. The van der Waals surface area contributed by atoms with Crippen LogP contribution < -0.4 is 0 Å². The van der Waals surface area contributed by atoms with Crippen molar-refractivity contribution in [1.82, 2.24) is 14.6 Å². The lowest BCUT2D eigenvalue weighted by Crippen LogP contribution is -2.08. The Bertz CT molecular complexity index is 781. The summed E-state index contributed by atoms with van der Waals surface area (Å²) >= 11 is 3.38. The van der Waals surface area contributed by atoms with Gasteiger partial charge in [-0.2, -0.15) is 5.10 Å². The predicted molar refractivity (Wildman–Crippen MR) is 77.5 cm³/mol. The van der Waals surface area contributed by atoms with Crippen LogP contribution in [0.15, 0.2) is 47.1 Å². The molecule has 0 aliphatic heterocycles. The number of carbonyl (C=O) groups is 1. The Balaban J connectivity index is 2.29. The molecule has 2 heterocycles. The number of rotatable bonds is 2. The quantitative estimate of drug-likeness (QED) is 0.677. The number of imidazole rings is 1. The van der Waals surface area contributed by atoms with Gasteiger partial charge in [0.25, 0.3) is 0 Å². The van der Waals surface area contributed by atoms with E-state index in [0.717, 1.165) is 10.0 Å². The van der Waals surface area contributed by atoms with E-state index in [0.29, 0.717) is 17.0 Å². The maximum atomic E-state index is 12.0. The molecular formula is C14H10BrN3O2. The van der Waals surface area contributed by atoms with Crippen LogP contribution in [0, 0.1) is 0 Å². The number of ether oxygens (including phenoxy) is 1. The zero-order chi connectivity index (χ0) is 14.1. The second kappa shape index (κ2) is 5.05. The minimum atomic E-state index is -0.464. The molecule has 0 aliphatic carbocycles. The molecule has 0 radical (unpaired) electrons. The molecular weight excluding hydrogens is 322 g/mol. The van der Waals surface area contributed by atoms with Gasteiger partial charge in [-0.25, -0.2) is 14.3 Å². The summed E-state index contributed by atoms with van der Waals surface area (Å²) in [5, 5.41) is 4.16. The topological polar surface area (TPSA) is 56.5 Å². The van der Waals surface area contributed by atoms with Crippen LogP contribution in [0.3, 0.4) is 0 Å². The summed E-state index contributed by atoms with van der Waals surface area (Å²) in [7, 11) is 1.34. The van der Waals surface area contributed by atoms with Crippen molar-refractivity contribution < 1.29 is 9.53 Å². The molecule has 0 bridgehead atoms. The molecule has 0 amide bonds. The average Bonchev–Trinajstić information content (AvgIpc) is 2.86. The molecule has 3 rings (SSSR count). The van der Waals surface area contributed by atoms with Crippen molar-refractivity contribution in [2.24, 2.45) is 0 Å². The summed E-state index contributed by atoms with van der Waals surface area (Å²) in [5.41, 5.74) is 2.32. The number of hydrogen-bond acceptors (Lipinski definition) is 4. The standard InChI is InChI=1S/C14H10BrN3O2/c1-20-14(19)13-12(9-4-6-10(15)7-5-9)17-11-3-2-8-16-18(11)13/h2-8H,1H3. The minimum absolute atomic E-state index is 0.324. The zero-order valence-electron chi connectivity index (χ0n) is 10.6. The van der Waals surface area contributed by atoms with Crippen LogP contribution in [0.2, 0.25) is 0 Å². The molecule has 20 heavy (non-hydrogen) atoms. The van der Waals surface area contributed by atoms with Gasteiger partial charge < -0.3 is 4.74 Å². The molecule has 0 aliphatic rings. The number of carbonyl (C=O) groups excluding carboxylic acids is 1. The van der Waals surface area contributed by atoms with Gasteiger partial charge in [0.2, 0.25) is 0 Å². The molecule has 0 saturated carbocycles. The van der Waals surface area contributed by atoms with Gasteiger partial charge in [-0.05, 0) is 24.3 Å². The lowest BCUT2D eigenvalue weighted by Gasteiger charge is -2.02. The van der Waals surface area contributed by atoms with Crippen LogP contribution in [0.25, 0.3) is 16.9 Å². The Morgan fingerprint density at radius 2 is 2.00 bits per heavy atom. The van der Waals surface area contributed by atoms with Crippen molar-refractivity contribution in [2.45, 2.75) is 0 Å². The predicted octanol–water partition coefficient (Wildman–Crippen LogP) is 2.95. The first-order chi connectivity index (χ1) is 9.70. The molecule has 6 heteroatoms. The van der Waals surface area contributed by atoms with Crippen LogP contribution >= 0.6 is 15.9 Å². The van der Waals surface area contributed by atoms with E-state index in [1.165, 1.54) is 11.6 Å². The Morgan fingerprint density at radius 3 is 2.70 bits per heavy atom. The third-order valence-corrected chi connectivity index (χ3v) is 3.42. The van der Waals surface area contributed by atoms with Crippen molar-refractivity contribution in [3.05, 3.63) is 52.8 Å². The van der Waals surface area contributed by atoms with E-state index in [-0.39, 0.29) is 0 Å². The van der Waals surface area contributed by atoms with Crippen molar-refractivity contribution in [3.8, 4) is 11.3 Å². The van der Waals surface area contributed by atoms with Crippen molar-refractivity contribution in [1.29, 1.82) is 0 Å². The van der Waals surface area contributed by atoms with Gasteiger partial charge in [0.05, 0.1) is 7.11 Å². The first-order valence-electron chi connectivity index (χ1n) is 5.88. The van der Waals surface area contributed by atoms with E-state index in [1.54, 1.807) is 18.3 Å². The highest BCUT2D eigenvalue weighted by Crippen LogP contribution is 2.25. The number of esters is 1. The summed E-state index contributed by atoms with van der Waals surface area (Å²) in [6.45, 7) is 0. The highest BCUT2D eigenvalue weighted by atomic mass is 79.9. The molecule has 3 aromatic rings. The highest BCUT2D eigenvalue weighted by molar-refractivity contribution is 9.10. The van der Waals surface area contributed by atoms with Gasteiger partial charge in [-0.1, -0.05) is 28.1 Å². The summed E-state index contributed by atoms with van der Waals surface area (Å²) < 4.78 is 7.29. The Morgan fingerprint density at radius 1 is 1.25 bits per heavy atom. The van der Waals surface area contributed by atoms with E-state index < -0.39 is 5.97 Å². The molecule has 1 aromatic carbocycles. The van der Waals surface area contributed by atoms with Gasteiger partial charge in [-0.3, -0.25) is 0 Å². The highest BCUT2D eigenvalue weighted by Gasteiger charge is 2.21. The molecule has 0 saturated heterocycles. The second-order valence-electron chi connectivity index (χ2n) is 4.10. The number of fused-ring (bicyclic) bond motifs is 1. The van der Waals surface area contributed by atoms with Crippen LogP contribution in [-0.2, 0) is 4.74 Å². The number of hydrogen-bond donors (Lipinski definition) is 0. The van der Waals surface area contributed by atoms with E-state index >= 15 is 0 Å². The molecule has 0 fully saturated rings. The summed E-state index contributed by atoms with van der Waals surface area (Å²) in [4.78, 5) is 16.5. The first-order valence-corrected chi connectivity index (χ1v) is 6.68. The van der Waals surface area contributed by atoms with Crippen LogP contribution in [0.5, 0.6) is 0 Å². The van der Waals surface area contributed by atoms with E-state index in [4.69, 9.17) is 4.74 Å². The minimum Gasteiger partial charge on any atom is -0.464 e. The second-order valence-corrected chi connectivity index (χ2v) is 5.02. The summed E-state index contributed by atoms with van der Waals surface area (Å²) in [6.07, 6.45) is 1.60. The monoisotopic (exact) mass is 331 g/mol. The molecule has 0 atom stereocenters. The number of aromatic nitrogens is 3. The maximum absolute atomic E-state index is 12.0. The van der Waals surface area contributed by atoms with Crippen molar-refractivity contribution in [3.63, 3.8) is 0 Å². The van der Waals surface area contributed by atoms with Gasteiger partial charge >= 0.3 is 5.97 Å². The number of methoxy groups -OCH3 is 1. The molecule has 2 aromatic heterocycles. The first kappa shape index (κ1) is 12.8. The largest absolute Gasteiger partial charge is 0.464 e. The van der Waals surface area contributed by atoms with Gasteiger partial charge in [0.1, 0.15) is 5.69 Å². The molecule has 100 valence electrons. The van der Waals surface area contributed by atoms with Gasteiger partial charge in [-0.15, -0.1) is 0 Å². The van der Waals surface area contributed by atoms with Gasteiger partial charge in [0.15, 0.2) is 11.3 Å². The smallest absolute Gasteiger partial charge is 0.359 e. The normalized spacial score (nSPS) is 10.7. The Kier molecular flexibility index (Phi) is 3.23. The van der Waals surface area contributed by atoms with Crippen molar-refractivity contribution in [2.75, 3.05) is 7.11 Å². The third-order valence-electron chi connectivity index (χ3n) is 2.89. The lowest BCUT2D eigenvalue weighted by molar-refractivity contribution is 0.0592. The Labute approximate surface area is 123 Å². The van der Waals surface area contributed by atoms with Crippen LogP contribution in [0.1, 0.15) is 10.5 Å². The molecule has 5 nitrogen and oxygen atoms in total. The fourth-order valence-electron chi connectivity index (χ4n) is 1.98. The Hall–Kier alpha value is -2.21. The summed E-state index contributed by atoms with van der Waals surface area (Å²) in [6, 6.07) is 11.1. The third kappa shape index (κ3) is 2.08. The average molecular weight is 332 g/mol. The van der Waals surface area contributed by atoms with Gasteiger partial charge in [0, 0.05) is 16.2 Å². The van der Waals surface area contributed by atoms with E-state index in [1.807, 2.05) is 24.3 Å².